The number of carbonyl (C=O) groups is 1. The van der Waals surface area contributed by atoms with Crippen LogP contribution in [0.4, 0.5) is 0 Å². The van der Waals surface area contributed by atoms with Crippen LogP contribution < -0.4 is 5.73 Å². The number of amides is 1. The van der Waals surface area contributed by atoms with Gasteiger partial charge in [0.2, 0.25) is 5.91 Å². The van der Waals surface area contributed by atoms with Gasteiger partial charge in [0.05, 0.1) is 17.6 Å². The van der Waals surface area contributed by atoms with Gasteiger partial charge < -0.3 is 5.73 Å². The van der Waals surface area contributed by atoms with Gasteiger partial charge in [-0.15, -0.1) is 0 Å². The zero-order valence-corrected chi connectivity index (χ0v) is 8.58. The van der Waals surface area contributed by atoms with E-state index in [1.165, 1.54) is 6.08 Å². The minimum atomic E-state index is -0.471. The molecule has 1 amide bonds. The third-order valence-corrected chi connectivity index (χ3v) is 2.09. The summed E-state index contributed by atoms with van der Waals surface area (Å²) in [7, 11) is 0. The monoisotopic (exact) mass is 213 g/mol. The van der Waals surface area contributed by atoms with Crippen LogP contribution in [-0.2, 0) is 4.79 Å². The summed E-state index contributed by atoms with van der Waals surface area (Å²) < 4.78 is 1.74. The summed E-state index contributed by atoms with van der Waals surface area (Å²) in [6, 6.07) is 11.5. The molecule has 2 rings (SSSR count). The molecule has 2 N–H and O–H groups in total. The lowest BCUT2D eigenvalue weighted by molar-refractivity contribution is -0.113. The van der Waals surface area contributed by atoms with Gasteiger partial charge in [-0.05, 0) is 24.3 Å². The van der Waals surface area contributed by atoms with Crippen molar-refractivity contribution in [2.75, 3.05) is 0 Å². The third kappa shape index (κ3) is 2.17. The summed E-state index contributed by atoms with van der Waals surface area (Å²) in [5, 5.41) is 4.18. The lowest BCUT2D eigenvalue weighted by Crippen LogP contribution is -2.06. The van der Waals surface area contributed by atoms with E-state index in [4.69, 9.17) is 5.73 Å². The molecule has 16 heavy (non-hydrogen) atoms. The Balaban J connectivity index is 2.37. The second-order valence-electron chi connectivity index (χ2n) is 3.24. The molecule has 0 aliphatic carbocycles. The smallest absolute Gasteiger partial charge is 0.241 e. The maximum absolute atomic E-state index is 10.6. The minimum Gasteiger partial charge on any atom is -0.366 e. The summed E-state index contributed by atoms with van der Waals surface area (Å²) in [6.45, 7) is 0. The number of nitrogens with zero attached hydrogens (tertiary/aromatic N) is 2. The quantitative estimate of drug-likeness (QED) is 0.783. The van der Waals surface area contributed by atoms with Crippen LogP contribution in [0.15, 0.2) is 48.7 Å². The Labute approximate surface area is 93.0 Å². The van der Waals surface area contributed by atoms with Crippen LogP contribution in [0.2, 0.25) is 0 Å². The molecule has 0 bridgehead atoms. The third-order valence-electron chi connectivity index (χ3n) is 2.09. The van der Waals surface area contributed by atoms with Gasteiger partial charge in [0, 0.05) is 6.08 Å². The van der Waals surface area contributed by atoms with Crippen LogP contribution in [0.1, 0.15) is 5.69 Å². The molecule has 0 unspecified atom stereocenters. The molecule has 0 saturated carbocycles. The van der Waals surface area contributed by atoms with Crippen molar-refractivity contribution in [1.82, 2.24) is 9.78 Å². The maximum Gasteiger partial charge on any atom is 0.241 e. The zero-order chi connectivity index (χ0) is 11.4. The van der Waals surface area contributed by atoms with Crippen molar-refractivity contribution in [2.24, 2.45) is 5.73 Å². The highest BCUT2D eigenvalue weighted by Gasteiger charge is 2.00. The van der Waals surface area contributed by atoms with Gasteiger partial charge in [-0.3, -0.25) is 4.79 Å². The number of hydrogen-bond acceptors (Lipinski definition) is 2. The first-order chi connectivity index (χ1) is 7.77. The van der Waals surface area contributed by atoms with E-state index in [9.17, 15) is 4.79 Å². The first-order valence-electron chi connectivity index (χ1n) is 4.84. The number of rotatable bonds is 3. The highest BCUT2D eigenvalue weighted by Crippen LogP contribution is 2.10. The summed E-state index contributed by atoms with van der Waals surface area (Å²) in [4.78, 5) is 10.6. The molecular formula is C12H11N3O. The average molecular weight is 213 g/mol. The van der Waals surface area contributed by atoms with Gasteiger partial charge in [0.25, 0.3) is 0 Å². The number of hydrogen-bond donors (Lipinski definition) is 1. The number of carbonyl (C=O) groups excluding carboxylic acids is 1. The Morgan fingerprint density at radius 3 is 2.69 bits per heavy atom. The van der Waals surface area contributed by atoms with E-state index in [2.05, 4.69) is 5.10 Å². The molecule has 0 spiro atoms. The first-order valence-corrected chi connectivity index (χ1v) is 4.84. The van der Waals surface area contributed by atoms with Crippen LogP contribution >= 0.6 is 0 Å². The van der Waals surface area contributed by atoms with Gasteiger partial charge in [-0.1, -0.05) is 18.2 Å². The second-order valence-corrected chi connectivity index (χ2v) is 3.24. The van der Waals surface area contributed by atoms with E-state index in [0.717, 1.165) is 11.4 Å². The molecule has 0 atom stereocenters. The first kappa shape index (κ1) is 10.2. The van der Waals surface area contributed by atoms with Gasteiger partial charge in [0.15, 0.2) is 0 Å². The molecule has 0 aliphatic heterocycles. The van der Waals surface area contributed by atoms with E-state index in [0.29, 0.717) is 0 Å². The molecule has 1 aromatic heterocycles. The summed E-state index contributed by atoms with van der Waals surface area (Å²) >= 11 is 0. The largest absolute Gasteiger partial charge is 0.366 e. The average Bonchev–Trinajstić information content (AvgIpc) is 2.75. The van der Waals surface area contributed by atoms with Crippen molar-refractivity contribution >= 4 is 12.0 Å². The van der Waals surface area contributed by atoms with E-state index in [1.807, 2.05) is 36.4 Å². The van der Waals surface area contributed by atoms with Gasteiger partial charge in [0.1, 0.15) is 0 Å². The van der Waals surface area contributed by atoms with Crippen molar-refractivity contribution in [3.63, 3.8) is 0 Å². The highest BCUT2D eigenvalue weighted by atomic mass is 16.1. The topological polar surface area (TPSA) is 60.9 Å². The second kappa shape index (κ2) is 4.44. The van der Waals surface area contributed by atoms with Crippen molar-refractivity contribution < 1.29 is 4.79 Å². The molecule has 80 valence electrons. The van der Waals surface area contributed by atoms with Crippen molar-refractivity contribution in [2.45, 2.75) is 0 Å². The number of primary amides is 1. The molecule has 0 radical (unpaired) electrons. The van der Waals surface area contributed by atoms with Crippen LogP contribution in [-0.4, -0.2) is 15.7 Å². The summed E-state index contributed by atoms with van der Waals surface area (Å²) in [5.41, 5.74) is 6.79. The Kier molecular flexibility index (Phi) is 2.82. The van der Waals surface area contributed by atoms with E-state index in [1.54, 1.807) is 17.0 Å². The fourth-order valence-electron chi connectivity index (χ4n) is 1.39. The van der Waals surface area contributed by atoms with E-state index in [-0.39, 0.29) is 0 Å². The SMILES string of the molecule is NC(=O)/C=C\c1ccnn1-c1ccccc1. The fourth-order valence-corrected chi connectivity index (χ4v) is 1.39. The molecule has 4 nitrogen and oxygen atoms in total. The summed E-state index contributed by atoms with van der Waals surface area (Å²) in [6.07, 6.45) is 4.63. The Hall–Kier alpha value is -2.36. The molecule has 4 heteroatoms. The molecule has 1 aromatic carbocycles. The lowest BCUT2D eigenvalue weighted by atomic mass is 10.3. The molecule has 1 heterocycles. The van der Waals surface area contributed by atoms with Crippen molar-refractivity contribution in [3.05, 3.63) is 54.4 Å². The molecular weight excluding hydrogens is 202 g/mol. The van der Waals surface area contributed by atoms with Gasteiger partial charge in [-0.25, -0.2) is 4.68 Å². The van der Waals surface area contributed by atoms with Crippen LogP contribution in [0, 0.1) is 0 Å². The maximum atomic E-state index is 10.6. The Morgan fingerprint density at radius 1 is 1.25 bits per heavy atom. The highest BCUT2D eigenvalue weighted by molar-refractivity contribution is 5.90. The lowest BCUT2D eigenvalue weighted by Gasteiger charge is -2.03. The van der Waals surface area contributed by atoms with Gasteiger partial charge in [-0.2, -0.15) is 5.10 Å². The Morgan fingerprint density at radius 2 is 2.00 bits per heavy atom. The Bertz CT molecular complexity index is 514. The van der Waals surface area contributed by atoms with Crippen LogP contribution in [0.5, 0.6) is 0 Å². The normalized spacial score (nSPS) is 10.8. The molecule has 0 saturated heterocycles. The standard InChI is InChI=1S/C12H11N3O/c13-12(16)7-6-11-8-9-14-15(11)10-4-2-1-3-5-10/h1-9H,(H2,13,16)/b7-6-. The number of nitrogens with two attached hydrogens (primary N) is 1. The van der Waals surface area contributed by atoms with Gasteiger partial charge >= 0.3 is 0 Å². The molecule has 0 fully saturated rings. The predicted octanol–water partition coefficient (Wildman–Crippen LogP) is 1.37. The van der Waals surface area contributed by atoms with E-state index >= 15 is 0 Å². The van der Waals surface area contributed by atoms with Crippen molar-refractivity contribution in [3.8, 4) is 5.69 Å². The number of aromatic nitrogens is 2. The minimum absolute atomic E-state index is 0.471. The van der Waals surface area contributed by atoms with Crippen LogP contribution in [0.25, 0.3) is 11.8 Å². The zero-order valence-electron chi connectivity index (χ0n) is 8.58. The molecule has 2 aromatic rings. The number of para-hydroxylation sites is 1. The summed E-state index contributed by atoms with van der Waals surface area (Å²) in [5.74, 6) is -0.471. The van der Waals surface area contributed by atoms with Crippen molar-refractivity contribution in [1.29, 1.82) is 0 Å². The van der Waals surface area contributed by atoms with E-state index < -0.39 is 5.91 Å². The fraction of sp³-hybridized carbons (Fsp3) is 0. The molecule has 0 aliphatic rings. The number of benzene rings is 1. The van der Waals surface area contributed by atoms with Crippen LogP contribution in [0.3, 0.4) is 0 Å². The predicted molar refractivity (Wildman–Crippen MR) is 61.8 cm³/mol.